The topological polar surface area (TPSA) is 38.7 Å². The van der Waals surface area contributed by atoms with Crippen LogP contribution in [0.15, 0.2) is 4.99 Å². The Morgan fingerprint density at radius 3 is 2.83 bits per heavy atom. The lowest BCUT2D eigenvalue weighted by molar-refractivity contribution is 0.182. The van der Waals surface area contributed by atoms with E-state index in [-0.39, 0.29) is 0 Å². The van der Waals surface area contributed by atoms with E-state index in [0.29, 0.717) is 5.92 Å². The molecule has 0 rings (SSSR count). The molecule has 0 aliphatic rings. The van der Waals surface area contributed by atoms with E-state index in [4.69, 9.17) is 0 Å². The van der Waals surface area contributed by atoms with Crippen LogP contribution in [0.1, 0.15) is 33.1 Å². The minimum absolute atomic E-state index is 0.365. The Morgan fingerprint density at radius 2 is 2.33 bits per heavy atom. The summed E-state index contributed by atoms with van der Waals surface area (Å²) in [4.78, 5) is 14.2. The Labute approximate surface area is 73.8 Å². The van der Waals surface area contributed by atoms with E-state index >= 15 is 0 Å². The van der Waals surface area contributed by atoms with Crippen LogP contribution in [0.3, 0.4) is 0 Å². The van der Waals surface area contributed by atoms with Crippen molar-refractivity contribution in [3.63, 3.8) is 0 Å². The fraction of sp³-hybridized carbons (Fsp3) is 0.778. The monoisotopic (exact) mass is 171 g/mol. The lowest BCUT2D eigenvalue weighted by Crippen LogP contribution is -1.99. The molecule has 70 valence electrons. The minimum atomic E-state index is -0.515. The Hall–Kier alpha value is -0.860. The molecular formula is C9H17NO2. The van der Waals surface area contributed by atoms with Crippen LogP contribution in [0.2, 0.25) is 0 Å². The number of carbonyl (C=O) groups excluding carboxylic acids is 1. The van der Waals surface area contributed by atoms with Gasteiger partial charge in [-0.15, -0.1) is 0 Å². The summed E-state index contributed by atoms with van der Waals surface area (Å²) in [6, 6.07) is 0. The molecule has 0 saturated heterocycles. The van der Waals surface area contributed by atoms with Gasteiger partial charge in [0.2, 0.25) is 0 Å². The molecule has 0 aliphatic heterocycles. The van der Waals surface area contributed by atoms with Gasteiger partial charge in [0.15, 0.2) is 0 Å². The second-order valence-electron chi connectivity index (χ2n) is 2.87. The first-order valence-electron chi connectivity index (χ1n) is 4.32. The van der Waals surface area contributed by atoms with Gasteiger partial charge in [0.25, 0.3) is 0 Å². The van der Waals surface area contributed by atoms with Crippen molar-refractivity contribution in [3.8, 4) is 0 Å². The number of methoxy groups -OCH3 is 1. The second-order valence-corrected chi connectivity index (χ2v) is 2.87. The first kappa shape index (κ1) is 11.1. The predicted octanol–water partition coefficient (Wildman–Crippen LogP) is 2.65. The molecule has 1 atom stereocenters. The number of hydrogen-bond acceptors (Lipinski definition) is 2. The van der Waals surface area contributed by atoms with Crippen LogP contribution in [-0.2, 0) is 4.74 Å². The van der Waals surface area contributed by atoms with Crippen molar-refractivity contribution in [1.29, 1.82) is 0 Å². The first-order chi connectivity index (χ1) is 5.70. The average molecular weight is 171 g/mol. The Kier molecular flexibility index (Phi) is 6.34. The number of ether oxygens (including phenoxy) is 1. The maximum Gasteiger partial charge on any atom is 0.432 e. The van der Waals surface area contributed by atoms with Gasteiger partial charge in [-0.2, -0.15) is 4.99 Å². The van der Waals surface area contributed by atoms with E-state index in [1.807, 2.05) is 6.92 Å². The Morgan fingerprint density at radius 1 is 1.67 bits per heavy atom. The summed E-state index contributed by atoms with van der Waals surface area (Å²) in [5, 5.41) is 0. The van der Waals surface area contributed by atoms with E-state index in [2.05, 4.69) is 16.7 Å². The van der Waals surface area contributed by atoms with Crippen LogP contribution in [0, 0.1) is 5.92 Å². The highest BCUT2D eigenvalue weighted by Crippen LogP contribution is 2.04. The van der Waals surface area contributed by atoms with Crippen molar-refractivity contribution >= 4 is 12.3 Å². The molecule has 0 fully saturated rings. The largest absolute Gasteiger partial charge is 0.451 e. The molecule has 0 saturated carbocycles. The zero-order valence-electron chi connectivity index (χ0n) is 8.04. The molecule has 0 aromatic heterocycles. The molecule has 3 nitrogen and oxygen atoms in total. The van der Waals surface area contributed by atoms with Gasteiger partial charge in [0.1, 0.15) is 0 Å². The highest BCUT2D eigenvalue weighted by molar-refractivity contribution is 5.79. The number of carbonyl (C=O) groups is 1. The van der Waals surface area contributed by atoms with Crippen molar-refractivity contribution in [2.24, 2.45) is 10.9 Å². The third-order valence-corrected chi connectivity index (χ3v) is 1.62. The fourth-order valence-electron chi connectivity index (χ4n) is 0.841. The van der Waals surface area contributed by atoms with E-state index in [9.17, 15) is 4.79 Å². The molecule has 1 amide bonds. The van der Waals surface area contributed by atoms with Gasteiger partial charge in [-0.1, -0.05) is 26.7 Å². The third kappa shape index (κ3) is 5.89. The van der Waals surface area contributed by atoms with Crippen LogP contribution in [-0.4, -0.2) is 19.4 Å². The van der Waals surface area contributed by atoms with Crippen LogP contribution < -0.4 is 0 Å². The summed E-state index contributed by atoms with van der Waals surface area (Å²) in [5.74, 6) is 0.365. The van der Waals surface area contributed by atoms with Gasteiger partial charge in [0.05, 0.1) is 7.11 Å². The molecule has 0 bridgehead atoms. The number of aliphatic imine (C=N–C) groups is 1. The normalized spacial score (nSPS) is 13.2. The summed E-state index contributed by atoms with van der Waals surface area (Å²) in [5.41, 5.74) is 0. The molecule has 12 heavy (non-hydrogen) atoms. The SMILES string of the molecule is CCCCC(C)C=NC(=O)OC. The van der Waals surface area contributed by atoms with Crippen molar-refractivity contribution in [3.05, 3.63) is 0 Å². The number of unbranched alkanes of at least 4 members (excludes halogenated alkanes) is 1. The van der Waals surface area contributed by atoms with Crippen molar-refractivity contribution in [1.82, 2.24) is 0 Å². The summed E-state index contributed by atoms with van der Waals surface area (Å²) in [6.45, 7) is 4.19. The Bertz CT molecular complexity index is 155. The summed E-state index contributed by atoms with van der Waals surface area (Å²) in [7, 11) is 1.33. The molecule has 1 unspecified atom stereocenters. The zero-order valence-corrected chi connectivity index (χ0v) is 8.04. The highest BCUT2D eigenvalue weighted by Gasteiger charge is 1.98. The molecule has 0 aromatic carbocycles. The van der Waals surface area contributed by atoms with Gasteiger partial charge in [-0.05, 0) is 12.3 Å². The fourth-order valence-corrected chi connectivity index (χ4v) is 0.841. The lowest BCUT2D eigenvalue weighted by Gasteiger charge is -2.01. The van der Waals surface area contributed by atoms with Crippen LogP contribution in [0.5, 0.6) is 0 Å². The van der Waals surface area contributed by atoms with E-state index in [0.717, 1.165) is 6.42 Å². The van der Waals surface area contributed by atoms with Crippen molar-refractivity contribution in [2.45, 2.75) is 33.1 Å². The molecular weight excluding hydrogens is 154 g/mol. The highest BCUT2D eigenvalue weighted by atomic mass is 16.5. The Balaban J connectivity index is 3.59. The van der Waals surface area contributed by atoms with Crippen LogP contribution in [0.4, 0.5) is 4.79 Å². The van der Waals surface area contributed by atoms with Crippen molar-refractivity contribution < 1.29 is 9.53 Å². The minimum Gasteiger partial charge on any atom is -0.451 e. The summed E-state index contributed by atoms with van der Waals surface area (Å²) in [6.07, 6.45) is 4.57. The average Bonchev–Trinajstić information content (AvgIpc) is 2.10. The van der Waals surface area contributed by atoms with Gasteiger partial charge in [0, 0.05) is 6.21 Å². The third-order valence-electron chi connectivity index (χ3n) is 1.62. The number of amides is 1. The zero-order chi connectivity index (χ0) is 9.40. The maximum absolute atomic E-state index is 10.6. The van der Waals surface area contributed by atoms with Crippen LogP contribution in [0.25, 0.3) is 0 Å². The molecule has 0 N–H and O–H groups in total. The van der Waals surface area contributed by atoms with Crippen LogP contribution >= 0.6 is 0 Å². The molecule has 3 heteroatoms. The lowest BCUT2D eigenvalue weighted by atomic mass is 10.1. The van der Waals surface area contributed by atoms with Gasteiger partial charge in [-0.25, -0.2) is 4.79 Å². The van der Waals surface area contributed by atoms with Crippen molar-refractivity contribution in [2.75, 3.05) is 7.11 Å². The quantitative estimate of drug-likeness (QED) is 0.610. The first-order valence-corrected chi connectivity index (χ1v) is 4.32. The summed E-state index contributed by atoms with van der Waals surface area (Å²) < 4.78 is 4.37. The molecule has 0 aromatic rings. The molecule has 0 heterocycles. The van der Waals surface area contributed by atoms with Gasteiger partial charge in [-0.3, -0.25) is 0 Å². The van der Waals surface area contributed by atoms with E-state index in [1.165, 1.54) is 20.0 Å². The second kappa shape index (κ2) is 6.83. The maximum atomic E-state index is 10.6. The number of hydrogen-bond donors (Lipinski definition) is 0. The van der Waals surface area contributed by atoms with Gasteiger partial charge < -0.3 is 4.74 Å². The summed E-state index contributed by atoms with van der Waals surface area (Å²) >= 11 is 0. The van der Waals surface area contributed by atoms with E-state index < -0.39 is 6.09 Å². The van der Waals surface area contributed by atoms with E-state index in [1.54, 1.807) is 6.21 Å². The smallest absolute Gasteiger partial charge is 0.432 e. The van der Waals surface area contributed by atoms with Gasteiger partial charge >= 0.3 is 6.09 Å². The molecule has 0 spiro atoms. The standard InChI is InChI=1S/C9H17NO2/c1-4-5-6-8(2)7-10-9(11)12-3/h7-8H,4-6H2,1-3H3. The molecule has 0 aliphatic carbocycles. The number of rotatable bonds is 4. The molecule has 0 radical (unpaired) electrons. The predicted molar refractivity (Wildman–Crippen MR) is 49.6 cm³/mol. The number of nitrogens with zero attached hydrogens (tertiary/aromatic N) is 1.